The minimum atomic E-state index is -3.94. The summed E-state index contributed by atoms with van der Waals surface area (Å²) in [6, 6.07) is 7.11. The molecule has 0 bridgehead atoms. The molecular formula is C32H48F2N2O9. The summed E-state index contributed by atoms with van der Waals surface area (Å²) in [6.45, 7) is 7.68. The van der Waals surface area contributed by atoms with E-state index in [0.717, 1.165) is 25.7 Å². The first-order chi connectivity index (χ1) is 21.5. The summed E-state index contributed by atoms with van der Waals surface area (Å²) >= 11 is 0. The molecule has 2 rings (SSSR count). The van der Waals surface area contributed by atoms with Crippen molar-refractivity contribution in [1.29, 1.82) is 0 Å². The van der Waals surface area contributed by atoms with E-state index in [9.17, 15) is 19.5 Å². The topological polar surface area (TPSA) is 142 Å². The first-order valence-corrected chi connectivity index (χ1v) is 15.7. The number of carboxylic acid groups (broad SMARTS) is 1. The molecule has 0 unspecified atom stereocenters. The van der Waals surface area contributed by atoms with Crippen LogP contribution < -0.4 is 5.32 Å². The average Bonchev–Trinajstić information content (AvgIpc) is 2.99. The third-order valence-electron chi connectivity index (χ3n) is 7.10. The fourth-order valence-corrected chi connectivity index (χ4v) is 4.75. The van der Waals surface area contributed by atoms with Gasteiger partial charge in [0.05, 0.1) is 19.1 Å². The number of aliphatic imine (C=N–C) groups is 1. The number of carboxylic acids is 1. The molecule has 2 N–H and O–H groups in total. The summed E-state index contributed by atoms with van der Waals surface area (Å²) in [7, 11) is 0. The molecule has 1 aromatic rings. The van der Waals surface area contributed by atoms with Gasteiger partial charge in [0.15, 0.2) is 0 Å². The highest BCUT2D eigenvalue weighted by atomic mass is 19.3. The molecule has 0 radical (unpaired) electrons. The Kier molecular flexibility index (Phi) is 17.1. The molecular weight excluding hydrogens is 594 g/mol. The number of unbranched alkanes of at least 4 members (excludes halogenated alkanes) is 3. The van der Waals surface area contributed by atoms with E-state index in [0.29, 0.717) is 31.6 Å². The lowest BCUT2D eigenvalue weighted by molar-refractivity contribution is -0.268. The number of ether oxygens (including phenoxy) is 5. The lowest BCUT2D eigenvalue weighted by Gasteiger charge is -2.48. The second-order valence-corrected chi connectivity index (χ2v) is 11.0. The molecule has 11 nitrogen and oxygen atoms in total. The zero-order valence-corrected chi connectivity index (χ0v) is 26.7. The second-order valence-electron chi connectivity index (χ2n) is 11.0. The van der Waals surface area contributed by atoms with Gasteiger partial charge in [-0.3, -0.25) is 4.79 Å². The van der Waals surface area contributed by atoms with Crippen molar-refractivity contribution < 1.29 is 52.0 Å². The van der Waals surface area contributed by atoms with Gasteiger partial charge in [0.25, 0.3) is 5.92 Å². The number of rotatable bonds is 20. The number of aliphatic carboxylic acids is 1. The number of hydrogen-bond acceptors (Lipinski definition) is 8. The van der Waals surface area contributed by atoms with Gasteiger partial charge in [-0.25, -0.2) is 18.4 Å². The van der Waals surface area contributed by atoms with Gasteiger partial charge in [-0.15, -0.1) is 0 Å². The van der Waals surface area contributed by atoms with E-state index >= 15 is 8.78 Å². The van der Waals surface area contributed by atoms with E-state index in [1.807, 2.05) is 20.8 Å². The minimum absolute atomic E-state index is 0.0878. The Balaban J connectivity index is 2.42. The van der Waals surface area contributed by atoms with Crippen LogP contribution in [0.5, 0.6) is 0 Å². The molecule has 0 saturated carbocycles. The van der Waals surface area contributed by atoms with E-state index in [4.69, 9.17) is 23.7 Å². The van der Waals surface area contributed by atoms with Crippen molar-refractivity contribution in [2.24, 2.45) is 4.99 Å². The molecule has 45 heavy (non-hydrogen) atoms. The van der Waals surface area contributed by atoms with Gasteiger partial charge in [0.1, 0.15) is 36.7 Å². The number of carbonyl (C=O) groups excluding carboxylic acids is 2. The van der Waals surface area contributed by atoms with Gasteiger partial charge < -0.3 is 34.1 Å². The van der Waals surface area contributed by atoms with Crippen LogP contribution in [-0.2, 0) is 39.9 Å². The maximum Gasteiger partial charge on any atom is 0.434 e. The van der Waals surface area contributed by atoms with Crippen molar-refractivity contribution in [3.8, 4) is 0 Å². The molecule has 1 saturated heterocycles. The fraction of sp³-hybridized carbons (Fsp3) is 0.688. The summed E-state index contributed by atoms with van der Waals surface area (Å²) in [6.07, 6.45) is -3.28. The summed E-state index contributed by atoms with van der Waals surface area (Å²) < 4.78 is 61.4. The summed E-state index contributed by atoms with van der Waals surface area (Å²) in [5.41, 5.74) is -0.516. The third-order valence-corrected chi connectivity index (χ3v) is 7.10. The van der Waals surface area contributed by atoms with Crippen LogP contribution in [0.1, 0.15) is 78.2 Å². The zero-order valence-electron chi connectivity index (χ0n) is 26.7. The number of alkyl halides is 2. The normalized spacial score (nSPS) is 22.2. The Morgan fingerprint density at radius 1 is 0.956 bits per heavy atom. The number of hydrogen-bond donors (Lipinski definition) is 2. The second kappa shape index (κ2) is 20.2. The van der Waals surface area contributed by atoms with Gasteiger partial charge in [-0.1, -0.05) is 70.4 Å². The molecule has 2 amide bonds. The van der Waals surface area contributed by atoms with Gasteiger partial charge in [-0.2, -0.15) is 4.99 Å². The number of nitrogens with one attached hydrogen (secondary N) is 1. The van der Waals surface area contributed by atoms with Gasteiger partial charge >= 0.3 is 12.1 Å². The van der Waals surface area contributed by atoms with Crippen molar-refractivity contribution in [2.45, 2.75) is 116 Å². The molecule has 1 heterocycles. The highest BCUT2D eigenvalue weighted by Gasteiger charge is 2.57. The molecule has 0 aromatic heterocycles. The van der Waals surface area contributed by atoms with Crippen molar-refractivity contribution in [2.75, 3.05) is 26.4 Å². The van der Waals surface area contributed by atoms with Crippen molar-refractivity contribution in [1.82, 2.24) is 5.32 Å². The average molecular weight is 643 g/mol. The molecule has 1 aliphatic rings. The Hall–Kier alpha value is -3.00. The largest absolute Gasteiger partial charge is 0.477 e. The molecule has 254 valence electrons. The lowest BCUT2D eigenvalue weighted by Crippen LogP contribution is -2.69. The highest BCUT2D eigenvalue weighted by molar-refractivity contribution is 6.37. The van der Waals surface area contributed by atoms with Crippen LogP contribution in [-0.4, -0.2) is 91.6 Å². The van der Waals surface area contributed by atoms with Crippen LogP contribution >= 0.6 is 0 Å². The van der Waals surface area contributed by atoms with E-state index in [1.54, 1.807) is 30.3 Å². The molecule has 0 aliphatic carbocycles. The number of carbonyl (C=O) groups is 3. The maximum absolute atomic E-state index is 16.2. The standard InChI is InChI=1S/C32H48F2N2O9/c1-5-8-16-41-21-25-27(42-17-9-6-2)28(43-18-10-7-3)26(35-22(4)37)29(45-25)32(33,34)19-24(30(38)39)36-31(40)44-20-23-14-12-11-13-15-23/h11-15,25-29H,5-10,16-21H2,1-4H3,(H,35,37)(H,38,39)/t25-,26-,27+,28-,29+/m1/s1. The third kappa shape index (κ3) is 13.1. The van der Waals surface area contributed by atoms with E-state index < -0.39 is 66.5 Å². The number of halogens is 2. The number of benzene rings is 1. The Labute approximate surface area is 264 Å². The fourth-order valence-electron chi connectivity index (χ4n) is 4.75. The highest BCUT2D eigenvalue weighted by Crippen LogP contribution is 2.37. The Morgan fingerprint density at radius 3 is 2.13 bits per heavy atom. The quantitative estimate of drug-likeness (QED) is 0.143. The predicted octanol–water partition coefficient (Wildman–Crippen LogP) is 5.33. The van der Waals surface area contributed by atoms with Crippen molar-refractivity contribution in [3.05, 3.63) is 35.9 Å². The van der Waals surface area contributed by atoms with Crippen LogP contribution in [0.3, 0.4) is 0 Å². The SMILES string of the molecule is CCCCOC[C@H]1O[C@H](C(F)(F)CC(=NC(=O)OCc2ccccc2)C(=O)O)[C@H](NC(C)=O)[C@@H](OCCCC)[C@H]1OCCCC. The van der Waals surface area contributed by atoms with E-state index in [-0.39, 0.29) is 19.8 Å². The lowest BCUT2D eigenvalue weighted by atomic mass is 9.87. The van der Waals surface area contributed by atoms with Gasteiger partial charge in [0, 0.05) is 26.7 Å². The minimum Gasteiger partial charge on any atom is -0.477 e. The van der Waals surface area contributed by atoms with E-state index in [1.165, 1.54) is 6.92 Å². The van der Waals surface area contributed by atoms with Crippen LogP contribution in [0, 0.1) is 0 Å². The van der Waals surface area contributed by atoms with Crippen LogP contribution in [0.4, 0.5) is 13.6 Å². The van der Waals surface area contributed by atoms with Crippen molar-refractivity contribution in [3.63, 3.8) is 0 Å². The monoisotopic (exact) mass is 642 g/mol. The van der Waals surface area contributed by atoms with Crippen LogP contribution in [0.25, 0.3) is 0 Å². The summed E-state index contributed by atoms with van der Waals surface area (Å²) in [4.78, 5) is 40.0. The first-order valence-electron chi connectivity index (χ1n) is 15.7. The number of amides is 2. The Bertz CT molecular complexity index is 1070. The Morgan fingerprint density at radius 2 is 1.56 bits per heavy atom. The van der Waals surface area contributed by atoms with Crippen LogP contribution in [0.2, 0.25) is 0 Å². The molecule has 5 atom stereocenters. The summed E-state index contributed by atoms with van der Waals surface area (Å²) in [5.74, 6) is -6.38. The summed E-state index contributed by atoms with van der Waals surface area (Å²) in [5, 5.41) is 12.3. The van der Waals surface area contributed by atoms with Crippen LogP contribution in [0.15, 0.2) is 35.3 Å². The predicted molar refractivity (Wildman–Crippen MR) is 163 cm³/mol. The molecule has 1 aliphatic heterocycles. The smallest absolute Gasteiger partial charge is 0.434 e. The molecule has 1 aromatic carbocycles. The zero-order chi connectivity index (χ0) is 33.2. The molecule has 13 heteroatoms. The number of nitrogens with zero attached hydrogens (tertiary/aromatic N) is 1. The van der Waals surface area contributed by atoms with Gasteiger partial charge in [-0.05, 0) is 24.8 Å². The first kappa shape index (κ1) is 38.2. The van der Waals surface area contributed by atoms with Gasteiger partial charge in [0.2, 0.25) is 5.91 Å². The molecule has 1 fully saturated rings. The molecule has 0 spiro atoms. The van der Waals surface area contributed by atoms with E-state index in [2.05, 4.69) is 10.3 Å². The maximum atomic E-state index is 16.2. The van der Waals surface area contributed by atoms with Crippen molar-refractivity contribution >= 4 is 23.7 Å².